The van der Waals surface area contributed by atoms with Crippen molar-refractivity contribution in [3.05, 3.63) is 34.9 Å². The van der Waals surface area contributed by atoms with Gasteiger partial charge in [0.25, 0.3) is 0 Å². The van der Waals surface area contributed by atoms with Crippen LogP contribution >= 0.6 is 11.6 Å². The third-order valence-electron chi connectivity index (χ3n) is 2.79. The Kier molecular flexibility index (Phi) is 3.06. The summed E-state index contributed by atoms with van der Waals surface area (Å²) in [5.41, 5.74) is 1.19. The minimum atomic E-state index is 0.209. The first-order valence-electron chi connectivity index (χ1n) is 4.90. The molecule has 1 saturated heterocycles. The van der Waals surface area contributed by atoms with Crippen molar-refractivity contribution in [1.29, 1.82) is 0 Å². The van der Waals surface area contributed by atoms with E-state index in [1.807, 2.05) is 18.2 Å². The van der Waals surface area contributed by atoms with Gasteiger partial charge in [0.05, 0.1) is 6.61 Å². The van der Waals surface area contributed by atoms with Crippen molar-refractivity contribution >= 4 is 11.6 Å². The number of nitrogens with one attached hydrogen (secondary N) is 1. The predicted octanol–water partition coefficient (Wildman–Crippen LogP) is 1.78. The van der Waals surface area contributed by atoms with Crippen LogP contribution in [0.5, 0.6) is 0 Å². The maximum atomic E-state index is 9.00. The molecule has 3 heteroatoms. The van der Waals surface area contributed by atoms with Gasteiger partial charge in [-0.2, -0.15) is 0 Å². The molecule has 0 saturated carbocycles. The van der Waals surface area contributed by atoms with Gasteiger partial charge in [-0.3, -0.25) is 0 Å². The van der Waals surface area contributed by atoms with Crippen molar-refractivity contribution < 1.29 is 5.11 Å². The van der Waals surface area contributed by atoms with E-state index in [0.717, 1.165) is 18.0 Å². The Morgan fingerprint density at radius 2 is 2.21 bits per heavy atom. The summed E-state index contributed by atoms with van der Waals surface area (Å²) in [6.07, 6.45) is 0.972. The second-order valence-corrected chi connectivity index (χ2v) is 4.15. The fourth-order valence-corrected chi connectivity index (χ4v) is 2.29. The fourth-order valence-electron chi connectivity index (χ4n) is 2.00. The first-order chi connectivity index (χ1) is 6.81. The molecule has 2 unspecified atom stereocenters. The van der Waals surface area contributed by atoms with Gasteiger partial charge in [0.1, 0.15) is 0 Å². The minimum absolute atomic E-state index is 0.209. The number of aliphatic hydroxyl groups excluding tert-OH is 1. The summed E-state index contributed by atoms with van der Waals surface area (Å²) in [6.45, 7) is 1.12. The smallest absolute Gasteiger partial charge is 0.0584 e. The summed E-state index contributed by atoms with van der Waals surface area (Å²) >= 11 is 6.10. The number of rotatable bonds is 2. The summed E-state index contributed by atoms with van der Waals surface area (Å²) < 4.78 is 0. The van der Waals surface area contributed by atoms with Gasteiger partial charge in [0, 0.05) is 17.6 Å². The first-order valence-corrected chi connectivity index (χ1v) is 5.27. The number of hydrogen-bond donors (Lipinski definition) is 2. The van der Waals surface area contributed by atoms with Gasteiger partial charge in [0.15, 0.2) is 0 Å². The second-order valence-electron chi connectivity index (χ2n) is 3.74. The lowest BCUT2D eigenvalue weighted by Crippen LogP contribution is -2.24. The molecule has 0 amide bonds. The number of benzene rings is 1. The van der Waals surface area contributed by atoms with Crippen LogP contribution in [0.2, 0.25) is 5.02 Å². The van der Waals surface area contributed by atoms with Crippen LogP contribution in [0.25, 0.3) is 0 Å². The molecule has 0 aliphatic carbocycles. The molecule has 2 rings (SSSR count). The highest BCUT2D eigenvalue weighted by molar-refractivity contribution is 6.31. The Bertz CT molecular complexity index is 316. The van der Waals surface area contributed by atoms with Gasteiger partial charge in [-0.25, -0.2) is 0 Å². The highest BCUT2D eigenvalue weighted by atomic mass is 35.5. The second kappa shape index (κ2) is 4.30. The van der Waals surface area contributed by atoms with Crippen molar-refractivity contribution in [1.82, 2.24) is 5.32 Å². The molecule has 14 heavy (non-hydrogen) atoms. The average Bonchev–Trinajstić information content (AvgIpc) is 2.67. The van der Waals surface area contributed by atoms with Crippen molar-refractivity contribution in [3.63, 3.8) is 0 Å². The maximum Gasteiger partial charge on any atom is 0.0584 e. The number of aliphatic hydroxyl groups is 1. The van der Waals surface area contributed by atoms with Crippen LogP contribution in [0.3, 0.4) is 0 Å². The molecular formula is C11H14ClNO. The van der Waals surface area contributed by atoms with E-state index in [1.54, 1.807) is 0 Å². The number of halogens is 1. The monoisotopic (exact) mass is 211 g/mol. The topological polar surface area (TPSA) is 32.3 Å². The maximum absolute atomic E-state index is 9.00. The van der Waals surface area contributed by atoms with Crippen LogP contribution in [0, 0.1) is 0 Å². The normalized spacial score (nSPS) is 26.7. The van der Waals surface area contributed by atoms with Crippen LogP contribution in [0.15, 0.2) is 24.3 Å². The molecule has 1 heterocycles. The SMILES string of the molecule is OCC1CC(c2ccccc2Cl)CN1. The van der Waals surface area contributed by atoms with Gasteiger partial charge < -0.3 is 10.4 Å². The van der Waals surface area contributed by atoms with Gasteiger partial charge in [0.2, 0.25) is 0 Å². The van der Waals surface area contributed by atoms with E-state index in [1.165, 1.54) is 5.56 Å². The Balaban J connectivity index is 2.13. The van der Waals surface area contributed by atoms with Crippen LogP contribution in [-0.4, -0.2) is 24.3 Å². The third-order valence-corrected chi connectivity index (χ3v) is 3.13. The van der Waals surface area contributed by atoms with E-state index in [0.29, 0.717) is 5.92 Å². The van der Waals surface area contributed by atoms with Crippen LogP contribution in [0.1, 0.15) is 17.9 Å². The van der Waals surface area contributed by atoms with Gasteiger partial charge in [-0.1, -0.05) is 29.8 Å². The third kappa shape index (κ3) is 1.92. The lowest BCUT2D eigenvalue weighted by atomic mass is 9.96. The quantitative estimate of drug-likeness (QED) is 0.782. The van der Waals surface area contributed by atoms with Crippen molar-refractivity contribution in [2.45, 2.75) is 18.4 Å². The zero-order valence-corrected chi connectivity index (χ0v) is 8.67. The largest absolute Gasteiger partial charge is 0.395 e. The molecule has 0 radical (unpaired) electrons. The Morgan fingerprint density at radius 1 is 1.43 bits per heavy atom. The Labute approximate surface area is 88.9 Å². The predicted molar refractivity (Wildman–Crippen MR) is 57.7 cm³/mol. The number of hydrogen-bond acceptors (Lipinski definition) is 2. The Morgan fingerprint density at radius 3 is 2.86 bits per heavy atom. The summed E-state index contributed by atoms with van der Waals surface area (Å²) in [6, 6.07) is 8.17. The van der Waals surface area contributed by atoms with Gasteiger partial charge >= 0.3 is 0 Å². The summed E-state index contributed by atoms with van der Waals surface area (Å²) in [4.78, 5) is 0. The van der Waals surface area contributed by atoms with E-state index in [9.17, 15) is 0 Å². The van der Waals surface area contributed by atoms with E-state index >= 15 is 0 Å². The van der Waals surface area contributed by atoms with Crippen LogP contribution in [-0.2, 0) is 0 Å². The first kappa shape index (κ1) is 9.97. The molecule has 1 fully saturated rings. The molecule has 2 atom stereocenters. The summed E-state index contributed by atoms with van der Waals surface area (Å²) in [5.74, 6) is 0.445. The molecule has 76 valence electrons. The standard InChI is InChI=1S/C11H14ClNO/c12-11-4-2-1-3-10(11)8-5-9(7-14)13-6-8/h1-4,8-9,13-14H,5-7H2. The molecule has 0 aromatic heterocycles. The summed E-state index contributed by atoms with van der Waals surface area (Å²) in [5, 5.41) is 13.1. The molecular weight excluding hydrogens is 198 g/mol. The molecule has 1 aromatic carbocycles. The van der Waals surface area contributed by atoms with Crippen molar-refractivity contribution in [2.75, 3.05) is 13.2 Å². The molecule has 2 N–H and O–H groups in total. The molecule has 1 aliphatic heterocycles. The van der Waals surface area contributed by atoms with E-state index in [-0.39, 0.29) is 12.6 Å². The van der Waals surface area contributed by atoms with Crippen molar-refractivity contribution in [3.8, 4) is 0 Å². The zero-order chi connectivity index (χ0) is 9.97. The van der Waals surface area contributed by atoms with E-state index in [4.69, 9.17) is 16.7 Å². The highest BCUT2D eigenvalue weighted by Gasteiger charge is 2.25. The van der Waals surface area contributed by atoms with Crippen molar-refractivity contribution in [2.24, 2.45) is 0 Å². The highest BCUT2D eigenvalue weighted by Crippen LogP contribution is 2.30. The van der Waals surface area contributed by atoms with Gasteiger partial charge in [-0.05, 0) is 24.0 Å². The molecule has 0 bridgehead atoms. The molecule has 1 aliphatic rings. The Hall–Kier alpha value is -0.570. The molecule has 0 spiro atoms. The van der Waals surface area contributed by atoms with Crippen LogP contribution < -0.4 is 5.32 Å². The fraction of sp³-hybridized carbons (Fsp3) is 0.455. The van der Waals surface area contributed by atoms with E-state index < -0.39 is 0 Å². The minimum Gasteiger partial charge on any atom is -0.395 e. The molecule has 2 nitrogen and oxygen atoms in total. The van der Waals surface area contributed by atoms with Crippen LogP contribution in [0.4, 0.5) is 0 Å². The lowest BCUT2D eigenvalue weighted by Gasteiger charge is -2.10. The van der Waals surface area contributed by atoms with Gasteiger partial charge in [-0.15, -0.1) is 0 Å². The zero-order valence-electron chi connectivity index (χ0n) is 7.91. The van der Waals surface area contributed by atoms with E-state index in [2.05, 4.69) is 11.4 Å². The molecule has 1 aromatic rings. The summed E-state index contributed by atoms with van der Waals surface area (Å²) in [7, 11) is 0. The lowest BCUT2D eigenvalue weighted by molar-refractivity contribution is 0.254. The average molecular weight is 212 g/mol.